The summed E-state index contributed by atoms with van der Waals surface area (Å²) in [4.78, 5) is 9.69. The molecule has 0 saturated carbocycles. The fraction of sp³-hybridized carbons (Fsp3) is 0.708. The van der Waals surface area contributed by atoms with Crippen LogP contribution in [0.1, 0.15) is 63.5 Å². The van der Waals surface area contributed by atoms with Crippen LogP contribution in [0.25, 0.3) is 0 Å². The first-order valence-corrected chi connectivity index (χ1v) is 11.7. The number of hydrogen-bond acceptors (Lipinski definition) is 3. The highest BCUT2D eigenvalue weighted by atomic mass is 15.2. The molecular formula is C24H41N5. The minimum Gasteiger partial charge on any atom is -0.354 e. The smallest absolute Gasteiger partial charge is 0.191 e. The molecule has 1 aromatic carbocycles. The number of aliphatic imine (C=N–C) groups is 1. The maximum absolute atomic E-state index is 4.48. The normalized spacial score (nSPS) is 22.6. The number of piperidine rings is 2. The van der Waals surface area contributed by atoms with E-state index in [1.165, 1.54) is 75.8 Å². The Labute approximate surface area is 178 Å². The molecule has 0 aliphatic carbocycles. The summed E-state index contributed by atoms with van der Waals surface area (Å²) >= 11 is 0. The van der Waals surface area contributed by atoms with E-state index in [0.29, 0.717) is 12.1 Å². The third-order valence-corrected chi connectivity index (χ3v) is 6.57. The summed E-state index contributed by atoms with van der Waals surface area (Å²) in [6.07, 6.45) is 7.68. The Kier molecular flexibility index (Phi) is 8.81. The first kappa shape index (κ1) is 22.1. The lowest BCUT2D eigenvalue weighted by atomic mass is 10.0. The lowest BCUT2D eigenvalue weighted by Crippen LogP contribution is -2.48. The van der Waals surface area contributed by atoms with Crippen LogP contribution in [0.4, 0.5) is 0 Å². The fourth-order valence-corrected chi connectivity index (χ4v) is 4.68. The van der Waals surface area contributed by atoms with Crippen molar-refractivity contribution in [2.75, 3.05) is 33.2 Å². The summed E-state index contributed by atoms with van der Waals surface area (Å²) in [5.74, 6) is 0.931. The van der Waals surface area contributed by atoms with E-state index in [1.807, 2.05) is 7.05 Å². The zero-order chi connectivity index (χ0) is 20.5. The third kappa shape index (κ3) is 6.71. The number of nitrogens with one attached hydrogen (secondary N) is 2. The van der Waals surface area contributed by atoms with Gasteiger partial charge in [0.05, 0.1) is 0 Å². The van der Waals surface area contributed by atoms with Crippen LogP contribution in [0.15, 0.2) is 29.3 Å². The number of likely N-dealkylation sites (tertiary alicyclic amines) is 2. The summed E-state index contributed by atoms with van der Waals surface area (Å²) in [6.45, 7) is 11.4. The van der Waals surface area contributed by atoms with Crippen molar-refractivity contribution in [3.63, 3.8) is 0 Å². The average Bonchev–Trinajstić information content (AvgIpc) is 2.75. The van der Waals surface area contributed by atoms with Crippen molar-refractivity contribution in [2.24, 2.45) is 4.99 Å². The number of guanidine groups is 1. The van der Waals surface area contributed by atoms with Gasteiger partial charge in [0.15, 0.2) is 5.96 Å². The Morgan fingerprint density at radius 2 is 1.83 bits per heavy atom. The average molecular weight is 400 g/mol. The van der Waals surface area contributed by atoms with Gasteiger partial charge in [0.1, 0.15) is 0 Å². The Hall–Kier alpha value is -1.59. The number of rotatable bonds is 7. The first-order valence-electron chi connectivity index (χ1n) is 11.7. The van der Waals surface area contributed by atoms with Gasteiger partial charge in [0.25, 0.3) is 0 Å². The first-order chi connectivity index (χ1) is 14.2. The topological polar surface area (TPSA) is 42.9 Å². The predicted octanol–water partition coefficient (Wildman–Crippen LogP) is 3.60. The van der Waals surface area contributed by atoms with E-state index in [0.717, 1.165) is 19.0 Å². The second-order valence-electron chi connectivity index (χ2n) is 8.77. The van der Waals surface area contributed by atoms with E-state index < -0.39 is 0 Å². The Morgan fingerprint density at radius 1 is 1.07 bits per heavy atom. The van der Waals surface area contributed by atoms with Crippen LogP contribution in [-0.2, 0) is 13.1 Å². The molecule has 0 radical (unpaired) electrons. The Balaban J connectivity index is 1.51. The Bertz CT molecular complexity index is 636. The molecule has 2 saturated heterocycles. The minimum absolute atomic E-state index is 0.527. The maximum Gasteiger partial charge on any atom is 0.191 e. The largest absolute Gasteiger partial charge is 0.354 e. The van der Waals surface area contributed by atoms with Gasteiger partial charge in [-0.15, -0.1) is 0 Å². The van der Waals surface area contributed by atoms with Gasteiger partial charge in [-0.25, -0.2) is 0 Å². The Morgan fingerprint density at radius 3 is 2.52 bits per heavy atom. The molecule has 0 bridgehead atoms. The molecule has 2 N–H and O–H groups in total. The van der Waals surface area contributed by atoms with E-state index in [9.17, 15) is 0 Å². The monoisotopic (exact) mass is 399 g/mol. The second kappa shape index (κ2) is 11.6. The number of benzene rings is 1. The van der Waals surface area contributed by atoms with Gasteiger partial charge < -0.3 is 15.5 Å². The lowest BCUT2D eigenvalue weighted by Gasteiger charge is -2.34. The second-order valence-corrected chi connectivity index (χ2v) is 8.77. The maximum atomic E-state index is 4.48. The van der Waals surface area contributed by atoms with Crippen molar-refractivity contribution in [1.82, 2.24) is 20.4 Å². The molecule has 0 aromatic heterocycles. The molecule has 2 aliphatic heterocycles. The van der Waals surface area contributed by atoms with Crippen LogP contribution in [-0.4, -0.2) is 61.1 Å². The lowest BCUT2D eigenvalue weighted by molar-refractivity contribution is 0.152. The molecular weight excluding hydrogens is 358 g/mol. The van der Waals surface area contributed by atoms with Crippen LogP contribution in [0.5, 0.6) is 0 Å². The summed E-state index contributed by atoms with van der Waals surface area (Å²) in [6, 6.07) is 10.1. The highest BCUT2D eigenvalue weighted by Crippen LogP contribution is 2.21. The van der Waals surface area contributed by atoms with Crippen LogP contribution in [0.2, 0.25) is 0 Å². The van der Waals surface area contributed by atoms with E-state index in [4.69, 9.17) is 0 Å². The van der Waals surface area contributed by atoms with Gasteiger partial charge in [0.2, 0.25) is 0 Å². The molecule has 1 aromatic rings. The number of nitrogens with zero attached hydrogens (tertiary/aromatic N) is 3. The van der Waals surface area contributed by atoms with Gasteiger partial charge in [-0.2, -0.15) is 0 Å². The van der Waals surface area contributed by atoms with E-state index in [2.05, 4.69) is 63.5 Å². The van der Waals surface area contributed by atoms with Gasteiger partial charge >= 0.3 is 0 Å². The van der Waals surface area contributed by atoms with Crippen molar-refractivity contribution < 1.29 is 0 Å². The van der Waals surface area contributed by atoms with Gasteiger partial charge in [0, 0.05) is 45.3 Å². The van der Waals surface area contributed by atoms with Crippen molar-refractivity contribution in [3.8, 4) is 0 Å². The minimum atomic E-state index is 0.527. The molecule has 1 unspecified atom stereocenters. The summed E-state index contributed by atoms with van der Waals surface area (Å²) < 4.78 is 0. The van der Waals surface area contributed by atoms with E-state index in [1.54, 1.807) is 0 Å². The molecule has 0 spiro atoms. The van der Waals surface area contributed by atoms with E-state index in [-0.39, 0.29) is 0 Å². The van der Waals surface area contributed by atoms with Crippen LogP contribution in [0.3, 0.4) is 0 Å². The van der Waals surface area contributed by atoms with Gasteiger partial charge in [-0.3, -0.25) is 9.89 Å². The summed E-state index contributed by atoms with van der Waals surface area (Å²) in [5, 5.41) is 7.21. The van der Waals surface area contributed by atoms with Crippen LogP contribution < -0.4 is 10.6 Å². The molecule has 2 heterocycles. The summed E-state index contributed by atoms with van der Waals surface area (Å²) in [5.41, 5.74) is 2.82. The molecule has 162 valence electrons. The molecule has 1 atom stereocenters. The molecule has 3 rings (SSSR count). The van der Waals surface area contributed by atoms with Gasteiger partial charge in [-0.1, -0.05) is 37.6 Å². The van der Waals surface area contributed by atoms with Crippen LogP contribution >= 0.6 is 0 Å². The standard InChI is InChI=1S/C24H41N5/c1-4-14-28-16-12-23(13-17-28)27-24(25-3)26-18-21-10-5-6-11-22(21)19-29-15-8-7-9-20(29)2/h5-6,10-11,20,23H,4,7-9,12-19H2,1-3H3,(H2,25,26,27). The van der Waals surface area contributed by atoms with E-state index >= 15 is 0 Å². The zero-order valence-electron chi connectivity index (χ0n) is 18.8. The molecule has 29 heavy (non-hydrogen) atoms. The quantitative estimate of drug-likeness (QED) is 0.543. The van der Waals surface area contributed by atoms with Crippen molar-refractivity contribution >= 4 is 5.96 Å². The molecule has 2 aliphatic rings. The van der Waals surface area contributed by atoms with Gasteiger partial charge in [-0.05, 0) is 63.2 Å². The summed E-state index contributed by atoms with van der Waals surface area (Å²) in [7, 11) is 1.88. The zero-order valence-corrected chi connectivity index (χ0v) is 18.8. The van der Waals surface area contributed by atoms with Crippen molar-refractivity contribution in [1.29, 1.82) is 0 Å². The molecule has 5 nitrogen and oxygen atoms in total. The molecule has 0 amide bonds. The predicted molar refractivity (Wildman–Crippen MR) is 123 cm³/mol. The SMILES string of the molecule is CCCN1CCC(NC(=NC)NCc2ccccc2CN2CCCCC2C)CC1. The van der Waals surface area contributed by atoms with Crippen LogP contribution in [0, 0.1) is 0 Å². The third-order valence-electron chi connectivity index (χ3n) is 6.57. The fourth-order valence-electron chi connectivity index (χ4n) is 4.68. The van der Waals surface area contributed by atoms with Crippen molar-refractivity contribution in [3.05, 3.63) is 35.4 Å². The van der Waals surface area contributed by atoms with Crippen molar-refractivity contribution in [2.45, 2.75) is 77.5 Å². The number of hydrogen-bond donors (Lipinski definition) is 2. The highest BCUT2D eigenvalue weighted by molar-refractivity contribution is 5.80. The highest BCUT2D eigenvalue weighted by Gasteiger charge is 2.20. The molecule has 2 fully saturated rings. The molecule has 5 heteroatoms.